The molecule has 1 unspecified atom stereocenters. The molecular weight excluding hydrogens is 452 g/mol. The van der Waals surface area contributed by atoms with E-state index >= 15 is 0 Å². The number of halogens is 6. The minimum Gasteiger partial charge on any atom is -0.339 e. The van der Waals surface area contributed by atoms with Crippen LogP contribution in [0, 0.1) is 22.7 Å². The number of benzene rings is 1. The minimum absolute atomic E-state index is 0.229. The first-order valence-corrected chi connectivity index (χ1v) is 10.3. The third-order valence-electron chi connectivity index (χ3n) is 6.04. The summed E-state index contributed by atoms with van der Waals surface area (Å²) in [5, 5.41) is 19.9. The van der Waals surface area contributed by atoms with Crippen molar-refractivity contribution in [2.45, 2.75) is 43.2 Å². The molecule has 0 aromatic heterocycles. The Morgan fingerprint density at radius 1 is 1.09 bits per heavy atom. The molecule has 33 heavy (non-hydrogen) atoms. The van der Waals surface area contributed by atoms with Crippen molar-refractivity contribution < 1.29 is 31.1 Å². The van der Waals surface area contributed by atoms with Crippen LogP contribution in [-0.2, 0) is 11.0 Å². The average molecular weight is 473 g/mol. The normalized spacial score (nSPS) is 24.4. The monoisotopic (exact) mass is 473 g/mol. The number of nitriles is 2. The maximum atomic E-state index is 13.7. The van der Waals surface area contributed by atoms with Gasteiger partial charge in [-0.1, -0.05) is 6.07 Å². The Hall–Kier alpha value is -2.83. The van der Waals surface area contributed by atoms with Crippen LogP contribution in [0.2, 0.25) is 0 Å². The van der Waals surface area contributed by atoms with Crippen LogP contribution in [0.5, 0.6) is 0 Å². The Morgan fingerprint density at radius 2 is 1.76 bits per heavy atom. The molecule has 0 radical (unpaired) electrons. The quantitative estimate of drug-likeness (QED) is 0.680. The largest absolute Gasteiger partial charge is 0.417 e. The molecular formula is C21H21F6N5O. The van der Waals surface area contributed by atoms with Gasteiger partial charge >= 0.3 is 12.4 Å². The van der Waals surface area contributed by atoms with Gasteiger partial charge in [0.15, 0.2) is 0 Å². The number of nitrogens with one attached hydrogen (secondary N) is 1. The van der Waals surface area contributed by atoms with Crippen molar-refractivity contribution in [3.05, 3.63) is 34.9 Å². The summed E-state index contributed by atoms with van der Waals surface area (Å²) in [4.78, 5) is 16.3. The van der Waals surface area contributed by atoms with Crippen molar-refractivity contribution in [1.29, 1.82) is 10.5 Å². The summed E-state index contributed by atoms with van der Waals surface area (Å²) in [6, 6.07) is 2.56. The van der Waals surface area contributed by atoms with E-state index in [0.717, 1.165) is 12.1 Å². The van der Waals surface area contributed by atoms with Crippen molar-refractivity contribution in [2.75, 3.05) is 32.7 Å². The van der Waals surface area contributed by atoms with Crippen LogP contribution in [0.1, 0.15) is 35.4 Å². The number of hydrogen-bond donors (Lipinski definition) is 1. The number of nitrogens with zero attached hydrogens (tertiary/aromatic N) is 4. The number of carbonyl (C=O) groups excluding carboxylic acids is 1. The van der Waals surface area contributed by atoms with Gasteiger partial charge in [0.05, 0.1) is 29.3 Å². The summed E-state index contributed by atoms with van der Waals surface area (Å²) in [5.41, 5.74) is -2.21. The zero-order chi connectivity index (χ0) is 24.4. The fourth-order valence-electron chi connectivity index (χ4n) is 4.36. The number of piperazine rings is 1. The van der Waals surface area contributed by atoms with Gasteiger partial charge in [-0.3, -0.25) is 15.0 Å². The first-order valence-electron chi connectivity index (χ1n) is 10.3. The van der Waals surface area contributed by atoms with Crippen LogP contribution in [0.15, 0.2) is 18.2 Å². The number of hydrogen-bond acceptors (Lipinski definition) is 5. The predicted molar refractivity (Wildman–Crippen MR) is 104 cm³/mol. The molecule has 2 aliphatic heterocycles. The Labute approximate surface area is 186 Å². The van der Waals surface area contributed by atoms with E-state index in [1.54, 1.807) is 0 Å². The standard InChI is InChI=1S/C21H21F6N5O/c22-20(23,24)16-10-13(2-3-14(16)12-29)15-11-17(30-18(15)21(25,26)27)19(33)32-8-6-31(7-9-32)5-1-4-28/h2-3,10,15,17-18,30H,1,5-9,11H2/t15?,17-,18+/m0/s1. The lowest BCUT2D eigenvalue weighted by Gasteiger charge is -2.35. The predicted octanol–water partition coefficient (Wildman–Crippen LogP) is 3.01. The van der Waals surface area contributed by atoms with Gasteiger partial charge < -0.3 is 4.90 Å². The first-order chi connectivity index (χ1) is 15.5. The van der Waals surface area contributed by atoms with E-state index in [2.05, 4.69) is 5.32 Å². The molecule has 0 saturated carbocycles. The van der Waals surface area contributed by atoms with Crippen molar-refractivity contribution in [2.24, 2.45) is 0 Å². The van der Waals surface area contributed by atoms with Crippen molar-refractivity contribution in [1.82, 2.24) is 15.1 Å². The Bertz CT molecular complexity index is 956. The molecule has 0 spiro atoms. The summed E-state index contributed by atoms with van der Waals surface area (Å²) in [7, 11) is 0. The highest BCUT2D eigenvalue weighted by Gasteiger charge is 2.53. The van der Waals surface area contributed by atoms with Gasteiger partial charge in [-0.25, -0.2) is 0 Å². The second-order valence-electron chi connectivity index (χ2n) is 8.07. The van der Waals surface area contributed by atoms with Gasteiger partial charge in [-0.2, -0.15) is 36.9 Å². The molecule has 2 saturated heterocycles. The fourth-order valence-corrected chi connectivity index (χ4v) is 4.36. The van der Waals surface area contributed by atoms with E-state index in [9.17, 15) is 31.1 Å². The highest BCUT2D eigenvalue weighted by atomic mass is 19.4. The lowest BCUT2D eigenvalue weighted by molar-refractivity contribution is -0.156. The molecule has 2 fully saturated rings. The number of rotatable bonds is 4. The minimum atomic E-state index is -4.90. The first kappa shape index (κ1) is 24.8. The molecule has 3 rings (SSSR count). The van der Waals surface area contributed by atoms with Gasteiger partial charge in [-0.05, 0) is 24.1 Å². The number of carbonyl (C=O) groups is 1. The van der Waals surface area contributed by atoms with Crippen LogP contribution in [-0.4, -0.2) is 66.7 Å². The Kier molecular flexibility index (Phi) is 7.20. The van der Waals surface area contributed by atoms with Gasteiger partial charge in [0, 0.05) is 45.1 Å². The van der Waals surface area contributed by atoms with E-state index in [1.165, 1.54) is 11.0 Å². The van der Waals surface area contributed by atoms with Crippen LogP contribution in [0.3, 0.4) is 0 Å². The molecule has 1 aromatic rings. The van der Waals surface area contributed by atoms with E-state index in [-0.39, 0.29) is 12.0 Å². The lowest BCUT2D eigenvalue weighted by atomic mass is 9.88. The Morgan fingerprint density at radius 3 is 2.30 bits per heavy atom. The maximum Gasteiger partial charge on any atom is 0.417 e. The highest BCUT2D eigenvalue weighted by molar-refractivity contribution is 5.82. The molecule has 1 aromatic carbocycles. The second kappa shape index (κ2) is 9.57. The van der Waals surface area contributed by atoms with Gasteiger partial charge in [0.25, 0.3) is 0 Å². The van der Waals surface area contributed by atoms with Crippen molar-refractivity contribution in [3.63, 3.8) is 0 Å². The van der Waals surface area contributed by atoms with Crippen LogP contribution in [0.25, 0.3) is 0 Å². The van der Waals surface area contributed by atoms with E-state index in [0.29, 0.717) is 45.2 Å². The van der Waals surface area contributed by atoms with E-state index in [4.69, 9.17) is 10.5 Å². The van der Waals surface area contributed by atoms with Crippen LogP contribution >= 0.6 is 0 Å². The second-order valence-corrected chi connectivity index (χ2v) is 8.07. The molecule has 2 aliphatic rings. The van der Waals surface area contributed by atoms with Gasteiger partial charge in [-0.15, -0.1) is 0 Å². The highest BCUT2D eigenvalue weighted by Crippen LogP contribution is 2.42. The lowest BCUT2D eigenvalue weighted by Crippen LogP contribution is -2.54. The molecule has 2 heterocycles. The Balaban J connectivity index is 1.80. The summed E-state index contributed by atoms with van der Waals surface area (Å²) >= 11 is 0. The van der Waals surface area contributed by atoms with E-state index < -0.39 is 47.4 Å². The topological polar surface area (TPSA) is 83.2 Å². The maximum absolute atomic E-state index is 13.7. The smallest absolute Gasteiger partial charge is 0.339 e. The summed E-state index contributed by atoms with van der Waals surface area (Å²) in [6.07, 6.45) is -9.68. The van der Waals surface area contributed by atoms with E-state index in [1.807, 2.05) is 11.0 Å². The molecule has 1 N–H and O–H groups in total. The molecule has 0 aliphatic carbocycles. The van der Waals surface area contributed by atoms with Gasteiger partial charge in [0.2, 0.25) is 5.91 Å². The van der Waals surface area contributed by atoms with Crippen molar-refractivity contribution in [3.8, 4) is 12.1 Å². The average Bonchev–Trinajstić information content (AvgIpc) is 3.22. The molecule has 178 valence electrons. The third kappa shape index (κ3) is 5.57. The van der Waals surface area contributed by atoms with Crippen LogP contribution in [0.4, 0.5) is 26.3 Å². The molecule has 1 amide bonds. The zero-order valence-electron chi connectivity index (χ0n) is 17.4. The third-order valence-corrected chi connectivity index (χ3v) is 6.04. The SMILES string of the molecule is N#CCCN1CCN(C(=O)[C@@H]2CC(c3ccc(C#N)c(C(F)(F)F)c3)[C@H](C(F)(F)F)N2)CC1. The fraction of sp³-hybridized carbons (Fsp3) is 0.571. The number of alkyl halides is 6. The zero-order valence-corrected chi connectivity index (χ0v) is 17.4. The van der Waals surface area contributed by atoms with Crippen molar-refractivity contribution >= 4 is 5.91 Å². The molecule has 0 bridgehead atoms. The van der Waals surface area contributed by atoms with Gasteiger partial charge in [0.1, 0.15) is 6.04 Å². The molecule has 3 atom stereocenters. The molecule has 6 nitrogen and oxygen atoms in total. The summed E-state index contributed by atoms with van der Waals surface area (Å²) in [5.74, 6) is -1.94. The van der Waals surface area contributed by atoms with Crippen LogP contribution < -0.4 is 5.32 Å². The summed E-state index contributed by atoms with van der Waals surface area (Å²) < 4.78 is 81.1. The molecule has 12 heteroatoms. The summed E-state index contributed by atoms with van der Waals surface area (Å²) in [6.45, 7) is 2.09. The number of amides is 1.